The van der Waals surface area contributed by atoms with Gasteiger partial charge < -0.3 is 10.6 Å². The average Bonchev–Trinajstić information content (AvgIpc) is 2.32. The molecule has 0 heterocycles. The predicted octanol–water partition coefficient (Wildman–Crippen LogP) is 2.42. The largest absolute Gasteiger partial charge is 0.357 e. The van der Waals surface area contributed by atoms with Gasteiger partial charge in [-0.15, -0.1) is 24.0 Å². The molecule has 0 unspecified atom stereocenters. The molecule has 5 nitrogen and oxygen atoms in total. The Kier molecular flexibility index (Phi) is 15.0. The summed E-state index contributed by atoms with van der Waals surface area (Å²) >= 11 is 0. The van der Waals surface area contributed by atoms with E-state index in [0.29, 0.717) is 13.0 Å². The second-order valence-electron chi connectivity index (χ2n) is 5.56. The van der Waals surface area contributed by atoms with Gasteiger partial charge in [0, 0.05) is 25.9 Å². The fourth-order valence-corrected chi connectivity index (χ4v) is 2.40. The van der Waals surface area contributed by atoms with Crippen LogP contribution in [0.2, 0.25) is 0 Å². The third kappa shape index (κ3) is 17.9. The molecule has 0 spiro atoms. The maximum atomic E-state index is 11.0. The summed E-state index contributed by atoms with van der Waals surface area (Å²) in [5.41, 5.74) is 0. The highest BCUT2D eigenvalue weighted by Gasteiger charge is 2.01. The Morgan fingerprint density at radius 3 is 2.33 bits per heavy atom. The van der Waals surface area contributed by atoms with Crippen molar-refractivity contribution in [2.45, 2.75) is 46.5 Å². The highest BCUT2D eigenvalue weighted by molar-refractivity contribution is 14.0. The Labute approximate surface area is 147 Å². The van der Waals surface area contributed by atoms with Crippen molar-refractivity contribution in [2.24, 2.45) is 10.9 Å². The normalized spacial score (nSPS) is 12.1. The molecule has 128 valence electrons. The minimum absolute atomic E-state index is 0. The van der Waals surface area contributed by atoms with Gasteiger partial charge >= 0.3 is 0 Å². The number of nitrogens with zero attached hydrogens (tertiary/aromatic N) is 1. The first-order chi connectivity index (χ1) is 9.35. The van der Waals surface area contributed by atoms with E-state index in [1.807, 2.05) is 6.92 Å². The molecule has 0 aromatic heterocycles. The van der Waals surface area contributed by atoms with Gasteiger partial charge in [-0.1, -0.05) is 26.7 Å². The predicted molar refractivity (Wildman–Crippen MR) is 102 cm³/mol. The Hall–Kier alpha value is -0.0500. The number of rotatable bonds is 10. The zero-order chi connectivity index (χ0) is 15.4. The van der Waals surface area contributed by atoms with Crippen molar-refractivity contribution in [2.75, 3.05) is 31.6 Å². The van der Waals surface area contributed by atoms with Crippen LogP contribution in [0.4, 0.5) is 0 Å². The Balaban J connectivity index is 0. The second-order valence-corrected chi connectivity index (χ2v) is 7.82. The number of sulfone groups is 1. The molecule has 0 atom stereocenters. The minimum atomic E-state index is -2.88. The van der Waals surface area contributed by atoms with Gasteiger partial charge in [0.2, 0.25) is 0 Å². The summed E-state index contributed by atoms with van der Waals surface area (Å²) in [6, 6.07) is 0. The summed E-state index contributed by atoms with van der Waals surface area (Å²) in [6.45, 7) is 8.75. The molecule has 2 N–H and O–H groups in total. The van der Waals surface area contributed by atoms with E-state index < -0.39 is 9.84 Å². The van der Waals surface area contributed by atoms with Crippen LogP contribution in [0, 0.1) is 5.92 Å². The van der Waals surface area contributed by atoms with Crippen LogP contribution in [0.1, 0.15) is 46.5 Å². The van der Waals surface area contributed by atoms with Crippen LogP contribution in [0.25, 0.3) is 0 Å². The number of hydrogen-bond acceptors (Lipinski definition) is 3. The molecule has 0 bridgehead atoms. The van der Waals surface area contributed by atoms with Gasteiger partial charge in [0.25, 0.3) is 0 Å². The number of hydrogen-bond donors (Lipinski definition) is 2. The van der Waals surface area contributed by atoms with Crippen molar-refractivity contribution in [3.63, 3.8) is 0 Å². The molecule has 0 aromatic carbocycles. The summed E-state index contributed by atoms with van der Waals surface area (Å²) in [4.78, 5) is 4.38. The lowest BCUT2D eigenvalue weighted by Crippen LogP contribution is -2.38. The minimum Gasteiger partial charge on any atom is -0.357 e. The van der Waals surface area contributed by atoms with E-state index in [4.69, 9.17) is 0 Å². The standard InChI is InChI=1S/C14H31N3O2S.HI/c1-5-15-14(16-10-7-6-9-13(2)3)17-11-8-12-20(4,18)19;/h13H,5-12H2,1-4H3,(H2,15,16,17);1H. The first kappa shape index (κ1) is 23.2. The number of unbranched alkanes of at least 4 members (excludes halogenated alkanes) is 1. The van der Waals surface area contributed by atoms with Crippen molar-refractivity contribution in [3.05, 3.63) is 0 Å². The van der Waals surface area contributed by atoms with Crippen LogP contribution < -0.4 is 10.6 Å². The van der Waals surface area contributed by atoms with Crippen molar-refractivity contribution in [1.82, 2.24) is 10.6 Å². The summed E-state index contributed by atoms with van der Waals surface area (Å²) in [5, 5.41) is 6.45. The molecule has 0 rings (SSSR count). The molecule has 0 aliphatic heterocycles. The summed E-state index contributed by atoms with van der Waals surface area (Å²) in [6.07, 6.45) is 5.44. The van der Waals surface area contributed by atoms with E-state index >= 15 is 0 Å². The van der Waals surface area contributed by atoms with Crippen LogP contribution in [0.3, 0.4) is 0 Å². The Bertz CT molecular complexity index is 370. The number of nitrogens with one attached hydrogen (secondary N) is 2. The highest BCUT2D eigenvalue weighted by atomic mass is 127. The zero-order valence-electron chi connectivity index (χ0n) is 13.8. The molecule has 21 heavy (non-hydrogen) atoms. The molecule has 0 fully saturated rings. The summed E-state index contributed by atoms with van der Waals surface area (Å²) < 4.78 is 22.0. The van der Waals surface area contributed by atoms with Crippen LogP contribution in [-0.4, -0.2) is 46.0 Å². The molecule has 0 aliphatic rings. The van der Waals surface area contributed by atoms with E-state index in [9.17, 15) is 8.42 Å². The van der Waals surface area contributed by atoms with Gasteiger partial charge in [0.15, 0.2) is 5.96 Å². The molecule has 0 aromatic rings. The van der Waals surface area contributed by atoms with Crippen LogP contribution in [-0.2, 0) is 9.84 Å². The number of aliphatic imine (C=N–C) groups is 1. The highest BCUT2D eigenvalue weighted by Crippen LogP contribution is 2.04. The SMILES string of the molecule is CCNC(=NCCCS(C)(=O)=O)NCCCCC(C)C.I. The molecule has 0 saturated carbocycles. The second kappa shape index (κ2) is 13.6. The average molecular weight is 433 g/mol. The smallest absolute Gasteiger partial charge is 0.191 e. The van der Waals surface area contributed by atoms with E-state index in [1.54, 1.807) is 0 Å². The molecule has 0 amide bonds. The van der Waals surface area contributed by atoms with E-state index in [2.05, 4.69) is 29.5 Å². The van der Waals surface area contributed by atoms with Crippen molar-refractivity contribution >= 4 is 39.8 Å². The fraction of sp³-hybridized carbons (Fsp3) is 0.929. The fourth-order valence-electron chi connectivity index (χ4n) is 1.74. The summed E-state index contributed by atoms with van der Waals surface area (Å²) in [5.74, 6) is 1.74. The number of halogens is 1. The molecule has 0 radical (unpaired) electrons. The molecule has 0 aliphatic carbocycles. The maximum absolute atomic E-state index is 11.0. The van der Waals surface area contributed by atoms with Crippen LogP contribution in [0.15, 0.2) is 4.99 Å². The zero-order valence-corrected chi connectivity index (χ0v) is 17.0. The first-order valence-corrected chi connectivity index (χ1v) is 9.61. The lowest BCUT2D eigenvalue weighted by Gasteiger charge is -2.11. The quantitative estimate of drug-likeness (QED) is 0.240. The van der Waals surface area contributed by atoms with Crippen LogP contribution >= 0.6 is 24.0 Å². The molecule has 7 heteroatoms. The molecular formula is C14H32IN3O2S. The van der Waals surface area contributed by atoms with E-state index in [0.717, 1.165) is 31.4 Å². The molecule has 0 saturated heterocycles. The lowest BCUT2D eigenvalue weighted by atomic mass is 10.1. The first-order valence-electron chi connectivity index (χ1n) is 7.55. The third-order valence-corrected chi connectivity index (χ3v) is 3.82. The lowest BCUT2D eigenvalue weighted by molar-refractivity contribution is 0.534. The maximum Gasteiger partial charge on any atom is 0.191 e. The van der Waals surface area contributed by atoms with Gasteiger partial charge in [-0.25, -0.2) is 8.42 Å². The van der Waals surface area contributed by atoms with Crippen molar-refractivity contribution < 1.29 is 8.42 Å². The summed E-state index contributed by atoms with van der Waals surface area (Å²) in [7, 11) is -2.88. The van der Waals surface area contributed by atoms with Crippen molar-refractivity contribution in [3.8, 4) is 0 Å². The van der Waals surface area contributed by atoms with E-state index in [1.165, 1.54) is 19.1 Å². The van der Waals surface area contributed by atoms with E-state index in [-0.39, 0.29) is 29.7 Å². The number of guanidine groups is 1. The Morgan fingerprint density at radius 1 is 1.14 bits per heavy atom. The van der Waals surface area contributed by atoms with Gasteiger partial charge in [0.05, 0.1) is 5.75 Å². The molecular weight excluding hydrogens is 401 g/mol. The van der Waals surface area contributed by atoms with Gasteiger partial charge in [-0.3, -0.25) is 4.99 Å². The van der Waals surface area contributed by atoms with Crippen molar-refractivity contribution in [1.29, 1.82) is 0 Å². The monoisotopic (exact) mass is 433 g/mol. The van der Waals surface area contributed by atoms with Crippen LogP contribution in [0.5, 0.6) is 0 Å². The van der Waals surface area contributed by atoms with Gasteiger partial charge in [-0.2, -0.15) is 0 Å². The topological polar surface area (TPSA) is 70.6 Å². The third-order valence-electron chi connectivity index (χ3n) is 2.79. The van der Waals surface area contributed by atoms with Gasteiger partial charge in [0.1, 0.15) is 9.84 Å². The van der Waals surface area contributed by atoms with Gasteiger partial charge in [-0.05, 0) is 25.7 Å². The Morgan fingerprint density at radius 2 is 1.81 bits per heavy atom.